The number of amides is 2. The maximum Gasteiger partial charge on any atom is 0.307 e. The van der Waals surface area contributed by atoms with Gasteiger partial charge in [-0.25, -0.2) is 0 Å². The number of carboxylic acid groups (broad SMARTS) is 1. The van der Waals surface area contributed by atoms with Gasteiger partial charge in [-0.15, -0.1) is 0 Å². The van der Waals surface area contributed by atoms with Crippen LogP contribution in [0.3, 0.4) is 0 Å². The number of allylic oxidation sites excluding steroid dienone is 2. The third kappa shape index (κ3) is 2.54. The van der Waals surface area contributed by atoms with Crippen molar-refractivity contribution in [3.8, 4) is 0 Å². The molecule has 1 aliphatic heterocycles. The zero-order valence-corrected chi connectivity index (χ0v) is 11.8. The highest BCUT2D eigenvalue weighted by Gasteiger charge is 2.51. The Kier molecular flexibility index (Phi) is 3.69. The molecule has 4 atom stereocenters. The Morgan fingerprint density at radius 3 is 2.33 bits per heavy atom. The molecular weight excluding hydrogens is 272 g/mol. The van der Waals surface area contributed by atoms with E-state index in [0.717, 1.165) is 32.4 Å². The first-order chi connectivity index (χ1) is 10.1. The molecule has 2 fully saturated rings. The van der Waals surface area contributed by atoms with E-state index in [-0.39, 0.29) is 30.2 Å². The van der Waals surface area contributed by atoms with Gasteiger partial charge in [-0.3, -0.25) is 14.4 Å². The van der Waals surface area contributed by atoms with Crippen LogP contribution in [0.15, 0.2) is 12.2 Å². The fraction of sp³-hybridized carbons (Fsp3) is 0.667. The van der Waals surface area contributed by atoms with Crippen molar-refractivity contribution in [2.75, 3.05) is 19.6 Å². The summed E-state index contributed by atoms with van der Waals surface area (Å²) in [4.78, 5) is 37.3. The van der Waals surface area contributed by atoms with Crippen molar-refractivity contribution in [3.05, 3.63) is 12.2 Å². The average molecular weight is 292 g/mol. The lowest BCUT2D eigenvalue weighted by atomic mass is 9.82. The van der Waals surface area contributed by atoms with Gasteiger partial charge < -0.3 is 15.3 Å². The highest BCUT2D eigenvalue weighted by atomic mass is 16.4. The number of fused-ring (bicyclic) bond motifs is 2. The van der Waals surface area contributed by atoms with Crippen LogP contribution >= 0.6 is 0 Å². The molecule has 1 saturated carbocycles. The van der Waals surface area contributed by atoms with Gasteiger partial charge in [0.15, 0.2) is 0 Å². The molecule has 114 valence electrons. The molecule has 2 aliphatic carbocycles. The molecule has 0 aromatic carbocycles. The van der Waals surface area contributed by atoms with Gasteiger partial charge in [-0.2, -0.15) is 0 Å². The molecule has 2 bridgehead atoms. The van der Waals surface area contributed by atoms with Gasteiger partial charge in [0.25, 0.3) is 0 Å². The van der Waals surface area contributed by atoms with E-state index < -0.39 is 17.8 Å². The van der Waals surface area contributed by atoms with Gasteiger partial charge in [0.1, 0.15) is 0 Å². The van der Waals surface area contributed by atoms with E-state index >= 15 is 0 Å². The SMILES string of the molecule is O=C(O)[C@@H]1C2C=CC(C2)[C@@H]1C(=O)NCC(=O)N1CCCC1. The van der Waals surface area contributed by atoms with E-state index in [4.69, 9.17) is 0 Å². The number of hydrogen-bond acceptors (Lipinski definition) is 3. The highest BCUT2D eigenvalue weighted by molar-refractivity contribution is 5.90. The zero-order chi connectivity index (χ0) is 15.0. The summed E-state index contributed by atoms with van der Waals surface area (Å²) in [7, 11) is 0. The number of carbonyl (C=O) groups excluding carboxylic acids is 2. The Morgan fingerprint density at radius 1 is 1.10 bits per heavy atom. The second-order valence-electron chi connectivity index (χ2n) is 6.14. The first kappa shape index (κ1) is 14.1. The molecule has 6 heteroatoms. The van der Waals surface area contributed by atoms with Crippen LogP contribution in [0.4, 0.5) is 0 Å². The number of rotatable bonds is 4. The van der Waals surface area contributed by atoms with Crippen LogP contribution in [0.2, 0.25) is 0 Å². The van der Waals surface area contributed by atoms with E-state index in [1.807, 2.05) is 12.2 Å². The normalized spacial score (nSPS) is 33.4. The van der Waals surface area contributed by atoms with Crippen molar-refractivity contribution < 1.29 is 19.5 Å². The zero-order valence-electron chi connectivity index (χ0n) is 11.8. The van der Waals surface area contributed by atoms with Crippen molar-refractivity contribution in [3.63, 3.8) is 0 Å². The van der Waals surface area contributed by atoms with Crippen molar-refractivity contribution >= 4 is 17.8 Å². The fourth-order valence-corrected chi connectivity index (χ4v) is 3.88. The fourth-order valence-electron chi connectivity index (χ4n) is 3.88. The van der Waals surface area contributed by atoms with E-state index in [9.17, 15) is 19.5 Å². The van der Waals surface area contributed by atoms with Crippen LogP contribution in [0, 0.1) is 23.7 Å². The Balaban J connectivity index is 1.58. The number of aliphatic carboxylic acids is 1. The van der Waals surface area contributed by atoms with Crippen molar-refractivity contribution in [2.45, 2.75) is 19.3 Å². The predicted octanol–water partition coefficient (Wildman–Crippen LogP) is 0.248. The monoisotopic (exact) mass is 292 g/mol. The largest absolute Gasteiger partial charge is 0.481 e. The summed E-state index contributed by atoms with van der Waals surface area (Å²) in [5.74, 6) is -2.53. The molecule has 0 aromatic rings. The van der Waals surface area contributed by atoms with Crippen LogP contribution in [-0.4, -0.2) is 47.4 Å². The van der Waals surface area contributed by atoms with Gasteiger partial charge in [0, 0.05) is 13.1 Å². The molecule has 0 aromatic heterocycles. The topological polar surface area (TPSA) is 86.7 Å². The lowest BCUT2D eigenvalue weighted by Gasteiger charge is -2.24. The van der Waals surface area contributed by atoms with Crippen LogP contribution < -0.4 is 5.32 Å². The Bertz CT molecular complexity index is 496. The minimum atomic E-state index is -0.919. The maximum atomic E-state index is 12.3. The molecular formula is C15H20N2O4. The number of nitrogens with one attached hydrogen (secondary N) is 1. The summed E-state index contributed by atoms with van der Waals surface area (Å²) in [5, 5.41) is 12.0. The van der Waals surface area contributed by atoms with Crippen LogP contribution in [0.5, 0.6) is 0 Å². The van der Waals surface area contributed by atoms with Crippen molar-refractivity contribution in [1.29, 1.82) is 0 Å². The molecule has 21 heavy (non-hydrogen) atoms. The standard InChI is InChI=1S/C15H20N2O4/c18-11(17-5-1-2-6-17)8-16-14(19)12-9-3-4-10(7-9)13(12)15(20)21/h3-4,9-10,12-13H,1-2,5-8H2,(H,16,19)(H,20,21)/t9?,10?,12-,13+/m0/s1. The third-order valence-corrected chi connectivity index (χ3v) is 4.92. The first-order valence-electron chi connectivity index (χ1n) is 7.54. The molecule has 1 saturated heterocycles. The number of carbonyl (C=O) groups is 3. The number of carboxylic acids is 1. The molecule has 3 aliphatic rings. The molecule has 3 rings (SSSR count). The minimum absolute atomic E-state index is 0.00186. The summed E-state index contributed by atoms with van der Waals surface area (Å²) in [6.07, 6.45) is 6.60. The smallest absolute Gasteiger partial charge is 0.307 e. The van der Waals surface area contributed by atoms with Crippen LogP contribution in [0.1, 0.15) is 19.3 Å². The van der Waals surface area contributed by atoms with Crippen molar-refractivity contribution in [2.24, 2.45) is 23.7 Å². The molecule has 0 radical (unpaired) electrons. The van der Waals surface area contributed by atoms with Crippen LogP contribution in [-0.2, 0) is 14.4 Å². The lowest BCUT2D eigenvalue weighted by molar-refractivity contribution is -0.148. The minimum Gasteiger partial charge on any atom is -0.481 e. The van der Waals surface area contributed by atoms with E-state index in [1.54, 1.807) is 4.90 Å². The lowest BCUT2D eigenvalue weighted by Crippen LogP contribution is -2.44. The van der Waals surface area contributed by atoms with E-state index in [1.165, 1.54) is 0 Å². The Hall–Kier alpha value is -1.85. The predicted molar refractivity (Wildman–Crippen MR) is 74.2 cm³/mol. The second-order valence-corrected chi connectivity index (χ2v) is 6.14. The second kappa shape index (κ2) is 5.50. The van der Waals surface area contributed by atoms with Gasteiger partial charge in [-0.1, -0.05) is 12.2 Å². The maximum absolute atomic E-state index is 12.3. The molecule has 2 unspecified atom stereocenters. The van der Waals surface area contributed by atoms with Gasteiger partial charge in [0.05, 0.1) is 18.4 Å². The molecule has 2 amide bonds. The molecule has 0 spiro atoms. The van der Waals surface area contributed by atoms with Gasteiger partial charge >= 0.3 is 5.97 Å². The van der Waals surface area contributed by atoms with E-state index in [2.05, 4.69) is 5.32 Å². The van der Waals surface area contributed by atoms with Gasteiger partial charge in [0.2, 0.25) is 11.8 Å². The average Bonchev–Trinajstić information content (AvgIpc) is 3.17. The summed E-state index contributed by atoms with van der Waals surface area (Å²) >= 11 is 0. The van der Waals surface area contributed by atoms with E-state index in [0.29, 0.717) is 0 Å². The third-order valence-electron chi connectivity index (χ3n) is 4.92. The van der Waals surface area contributed by atoms with Crippen molar-refractivity contribution in [1.82, 2.24) is 10.2 Å². The molecule has 6 nitrogen and oxygen atoms in total. The first-order valence-corrected chi connectivity index (χ1v) is 7.54. The number of nitrogens with zero attached hydrogens (tertiary/aromatic N) is 1. The number of likely N-dealkylation sites (tertiary alicyclic amines) is 1. The Labute approximate surface area is 123 Å². The summed E-state index contributed by atoms with van der Waals surface area (Å²) < 4.78 is 0. The van der Waals surface area contributed by atoms with Crippen LogP contribution in [0.25, 0.3) is 0 Å². The quantitative estimate of drug-likeness (QED) is 0.727. The molecule has 2 N–H and O–H groups in total. The summed E-state index contributed by atoms with van der Waals surface area (Å²) in [6.45, 7) is 1.48. The highest BCUT2D eigenvalue weighted by Crippen LogP contribution is 2.48. The summed E-state index contributed by atoms with van der Waals surface area (Å²) in [6, 6.07) is 0. The Morgan fingerprint density at radius 2 is 1.71 bits per heavy atom. The van der Waals surface area contributed by atoms with Gasteiger partial charge in [-0.05, 0) is 31.1 Å². The number of hydrogen-bond donors (Lipinski definition) is 2. The molecule has 1 heterocycles. The summed E-state index contributed by atoms with van der Waals surface area (Å²) in [5.41, 5.74) is 0.